The van der Waals surface area contributed by atoms with Crippen LogP contribution < -0.4 is 5.73 Å². The number of rotatable bonds is 3. The second kappa shape index (κ2) is 5.91. The fourth-order valence-corrected chi connectivity index (χ4v) is 3.99. The van der Waals surface area contributed by atoms with Crippen LogP contribution in [0.3, 0.4) is 0 Å². The van der Waals surface area contributed by atoms with Gasteiger partial charge in [-0.15, -0.1) is 0 Å². The highest BCUT2D eigenvalue weighted by atomic mass is 35.5. The fourth-order valence-electron chi connectivity index (χ4n) is 3.82. The number of likely N-dealkylation sites (tertiary alicyclic amines) is 1. The Kier molecular flexibility index (Phi) is 4.15. The molecule has 1 aliphatic heterocycles. The van der Waals surface area contributed by atoms with Crippen LogP contribution in [0.2, 0.25) is 5.02 Å². The lowest BCUT2D eigenvalue weighted by molar-refractivity contribution is -0.385. The van der Waals surface area contributed by atoms with Crippen LogP contribution in [0.4, 0.5) is 5.69 Å². The van der Waals surface area contributed by atoms with Crippen LogP contribution in [0.1, 0.15) is 24.8 Å². The maximum Gasteiger partial charge on any atom is 0.275 e. The molecule has 3 rings (SSSR count). The Bertz CT molecular complexity index is 552. The van der Waals surface area contributed by atoms with Gasteiger partial charge in [0.2, 0.25) is 0 Å². The van der Waals surface area contributed by atoms with E-state index in [1.807, 2.05) is 0 Å². The highest BCUT2D eigenvalue weighted by Crippen LogP contribution is 2.36. The minimum absolute atomic E-state index is 0.113. The van der Waals surface area contributed by atoms with Gasteiger partial charge in [0.05, 0.1) is 4.92 Å². The number of nitrogens with two attached hydrogens (primary N) is 1. The SMILES string of the molecule is NC1CCCC2CN(Cc3ccc(Cl)cc3[N+](=O)[O-])CC12. The predicted octanol–water partition coefficient (Wildman–Crippen LogP) is 2.81. The molecule has 1 aliphatic carbocycles. The number of halogens is 1. The lowest BCUT2D eigenvalue weighted by Gasteiger charge is -2.29. The minimum atomic E-state index is -0.351. The first kappa shape index (κ1) is 14.8. The Hall–Kier alpha value is -1.17. The molecule has 2 N–H and O–H groups in total. The van der Waals surface area contributed by atoms with E-state index in [0.717, 1.165) is 25.1 Å². The van der Waals surface area contributed by atoms with Crippen LogP contribution in [0.25, 0.3) is 0 Å². The Morgan fingerprint density at radius 2 is 2.19 bits per heavy atom. The monoisotopic (exact) mass is 309 g/mol. The van der Waals surface area contributed by atoms with E-state index >= 15 is 0 Å². The number of nitro groups is 1. The number of benzene rings is 1. The number of nitrogens with zero attached hydrogens (tertiary/aromatic N) is 2. The van der Waals surface area contributed by atoms with Crippen LogP contribution in [0, 0.1) is 22.0 Å². The van der Waals surface area contributed by atoms with E-state index in [1.54, 1.807) is 12.1 Å². The smallest absolute Gasteiger partial charge is 0.275 e. The molecule has 21 heavy (non-hydrogen) atoms. The van der Waals surface area contributed by atoms with Crippen LogP contribution in [-0.4, -0.2) is 29.0 Å². The van der Waals surface area contributed by atoms with Crippen molar-refractivity contribution in [2.24, 2.45) is 17.6 Å². The molecule has 0 radical (unpaired) electrons. The van der Waals surface area contributed by atoms with Crippen LogP contribution >= 0.6 is 11.6 Å². The molecule has 1 saturated heterocycles. The number of nitro benzene ring substituents is 1. The van der Waals surface area contributed by atoms with E-state index < -0.39 is 0 Å². The Balaban J connectivity index is 1.74. The molecule has 1 saturated carbocycles. The van der Waals surface area contributed by atoms with Crippen molar-refractivity contribution in [2.45, 2.75) is 31.8 Å². The summed E-state index contributed by atoms with van der Waals surface area (Å²) in [6.07, 6.45) is 3.55. The summed E-state index contributed by atoms with van der Waals surface area (Å²) in [5.74, 6) is 1.20. The summed E-state index contributed by atoms with van der Waals surface area (Å²) in [7, 11) is 0. The van der Waals surface area contributed by atoms with E-state index in [1.165, 1.54) is 18.9 Å². The van der Waals surface area contributed by atoms with Crippen molar-refractivity contribution in [1.29, 1.82) is 0 Å². The first-order valence-corrected chi connectivity index (χ1v) is 7.83. The summed E-state index contributed by atoms with van der Waals surface area (Å²) in [6.45, 7) is 2.55. The number of hydrogen-bond donors (Lipinski definition) is 1. The van der Waals surface area contributed by atoms with Crippen molar-refractivity contribution in [3.05, 3.63) is 38.9 Å². The van der Waals surface area contributed by atoms with Gasteiger partial charge < -0.3 is 5.73 Å². The molecule has 6 heteroatoms. The molecule has 0 amide bonds. The van der Waals surface area contributed by atoms with Crippen molar-refractivity contribution in [1.82, 2.24) is 4.90 Å². The maximum atomic E-state index is 11.2. The summed E-state index contributed by atoms with van der Waals surface area (Å²) in [5, 5.41) is 11.6. The Morgan fingerprint density at radius 1 is 1.38 bits per heavy atom. The molecule has 5 nitrogen and oxygen atoms in total. The average molecular weight is 310 g/mol. The zero-order valence-corrected chi connectivity index (χ0v) is 12.6. The van der Waals surface area contributed by atoms with Gasteiger partial charge in [-0.05, 0) is 36.8 Å². The van der Waals surface area contributed by atoms with Crippen molar-refractivity contribution in [3.63, 3.8) is 0 Å². The molecular formula is C15H20ClN3O2. The quantitative estimate of drug-likeness (QED) is 0.688. The van der Waals surface area contributed by atoms with Crippen LogP contribution in [0.15, 0.2) is 18.2 Å². The first-order valence-electron chi connectivity index (χ1n) is 7.45. The summed E-state index contributed by atoms with van der Waals surface area (Å²) in [4.78, 5) is 13.1. The van der Waals surface area contributed by atoms with Crippen molar-refractivity contribution < 1.29 is 4.92 Å². The van der Waals surface area contributed by atoms with E-state index in [9.17, 15) is 10.1 Å². The van der Waals surface area contributed by atoms with Crippen molar-refractivity contribution >= 4 is 17.3 Å². The molecule has 3 unspecified atom stereocenters. The molecule has 0 bridgehead atoms. The third-order valence-corrected chi connectivity index (χ3v) is 5.10. The van der Waals surface area contributed by atoms with Gasteiger partial charge in [0.25, 0.3) is 5.69 Å². The highest BCUT2D eigenvalue weighted by Gasteiger charge is 2.38. The molecule has 2 aliphatic rings. The van der Waals surface area contributed by atoms with Gasteiger partial charge >= 0.3 is 0 Å². The summed E-state index contributed by atoms with van der Waals surface area (Å²) in [5.41, 5.74) is 7.07. The summed E-state index contributed by atoms with van der Waals surface area (Å²) < 4.78 is 0. The second-order valence-corrected chi connectivity index (χ2v) is 6.68. The van der Waals surface area contributed by atoms with Gasteiger partial charge in [-0.2, -0.15) is 0 Å². The molecule has 114 valence electrons. The average Bonchev–Trinajstić information content (AvgIpc) is 2.85. The van der Waals surface area contributed by atoms with Gasteiger partial charge in [-0.3, -0.25) is 15.0 Å². The third kappa shape index (κ3) is 3.05. The van der Waals surface area contributed by atoms with Gasteiger partial charge in [0.1, 0.15) is 0 Å². The largest absolute Gasteiger partial charge is 0.327 e. The predicted molar refractivity (Wildman–Crippen MR) is 82.2 cm³/mol. The Labute approximate surface area is 129 Å². The summed E-state index contributed by atoms with van der Waals surface area (Å²) >= 11 is 5.86. The van der Waals surface area contributed by atoms with Gasteiger partial charge in [-0.25, -0.2) is 0 Å². The van der Waals surface area contributed by atoms with Gasteiger partial charge in [-0.1, -0.05) is 18.0 Å². The minimum Gasteiger partial charge on any atom is -0.327 e. The highest BCUT2D eigenvalue weighted by molar-refractivity contribution is 6.30. The molecule has 1 aromatic carbocycles. The topological polar surface area (TPSA) is 72.4 Å². The zero-order chi connectivity index (χ0) is 15.0. The van der Waals surface area contributed by atoms with E-state index in [-0.39, 0.29) is 16.7 Å². The number of fused-ring (bicyclic) bond motifs is 1. The fraction of sp³-hybridized carbons (Fsp3) is 0.600. The molecular weight excluding hydrogens is 290 g/mol. The van der Waals surface area contributed by atoms with Crippen molar-refractivity contribution in [2.75, 3.05) is 13.1 Å². The van der Waals surface area contributed by atoms with Crippen LogP contribution in [-0.2, 0) is 6.54 Å². The molecule has 3 atom stereocenters. The van der Waals surface area contributed by atoms with E-state index in [4.69, 9.17) is 17.3 Å². The van der Waals surface area contributed by atoms with Crippen molar-refractivity contribution in [3.8, 4) is 0 Å². The van der Waals surface area contributed by atoms with Crippen LogP contribution in [0.5, 0.6) is 0 Å². The molecule has 0 aromatic heterocycles. The lowest BCUT2D eigenvalue weighted by atomic mass is 9.78. The second-order valence-electron chi connectivity index (χ2n) is 6.24. The normalized spacial score (nSPS) is 29.3. The maximum absolute atomic E-state index is 11.2. The first-order chi connectivity index (χ1) is 10.0. The third-order valence-electron chi connectivity index (χ3n) is 4.87. The van der Waals surface area contributed by atoms with Gasteiger partial charge in [0.15, 0.2) is 0 Å². The van der Waals surface area contributed by atoms with Gasteiger partial charge in [0, 0.05) is 42.3 Å². The molecule has 2 fully saturated rings. The molecule has 1 heterocycles. The van der Waals surface area contributed by atoms with E-state index in [2.05, 4.69) is 4.90 Å². The standard InChI is InChI=1S/C15H20ClN3O2/c16-12-5-4-11(15(6-12)19(20)21)8-18-7-10-2-1-3-14(17)13(10)9-18/h4-6,10,13-14H,1-3,7-9,17H2. The lowest BCUT2D eigenvalue weighted by Crippen LogP contribution is -2.38. The Morgan fingerprint density at radius 3 is 2.90 bits per heavy atom. The summed E-state index contributed by atoms with van der Waals surface area (Å²) in [6, 6.07) is 5.21. The number of hydrogen-bond acceptors (Lipinski definition) is 4. The molecule has 0 spiro atoms. The zero-order valence-electron chi connectivity index (χ0n) is 11.9. The van der Waals surface area contributed by atoms with E-state index in [0.29, 0.717) is 23.4 Å². The molecule has 1 aromatic rings.